The Morgan fingerprint density at radius 2 is 2.00 bits per heavy atom. The number of nitrogens with zero attached hydrogens (tertiary/aromatic N) is 3. The fraction of sp³-hybridized carbons (Fsp3) is 0.458. The number of carbonyl (C=O) groups excluding carboxylic acids is 1. The summed E-state index contributed by atoms with van der Waals surface area (Å²) in [6.45, 7) is 4.40. The number of hydrogen-bond donors (Lipinski definition) is 2. The first-order chi connectivity index (χ1) is 15.3. The number of hydrogen-bond acceptors (Lipinski definition) is 5. The minimum absolute atomic E-state index is 0.00935. The molecule has 0 spiro atoms. The number of rotatable bonds is 5. The normalized spacial score (nSPS) is 20.1. The number of carbonyl (C=O) groups is 1. The van der Waals surface area contributed by atoms with E-state index in [-0.39, 0.29) is 11.8 Å². The van der Waals surface area contributed by atoms with E-state index >= 15 is 0 Å². The van der Waals surface area contributed by atoms with Gasteiger partial charge in [-0.25, -0.2) is 9.97 Å². The summed E-state index contributed by atoms with van der Waals surface area (Å²) in [5.41, 5.74) is 4.27. The van der Waals surface area contributed by atoms with Crippen LogP contribution in [0.4, 0.5) is 5.82 Å². The van der Waals surface area contributed by atoms with Crippen molar-refractivity contribution in [3.63, 3.8) is 0 Å². The fourth-order valence-electron chi connectivity index (χ4n) is 4.57. The monoisotopic (exact) mass is 419 g/mol. The molecule has 2 aliphatic rings. The molecule has 7 nitrogen and oxygen atoms in total. The summed E-state index contributed by atoms with van der Waals surface area (Å²) in [7, 11) is 0. The molecule has 7 heteroatoms. The van der Waals surface area contributed by atoms with E-state index in [2.05, 4.69) is 43.4 Å². The number of imidazole rings is 1. The molecule has 0 unspecified atom stereocenters. The molecule has 1 atom stereocenters. The van der Waals surface area contributed by atoms with Crippen molar-refractivity contribution in [3.05, 3.63) is 42.9 Å². The van der Waals surface area contributed by atoms with Gasteiger partial charge in [-0.1, -0.05) is 6.07 Å². The Morgan fingerprint density at radius 3 is 2.84 bits per heavy atom. The van der Waals surface area contributed by atoms with E-state index in [4.69, 9.17) is 4.74 Å². The third-order valence-corrected chi connectivity index (χ3v) is 6.43. The molecule has 1 amide bonds. The second-order valence-corrected chi connectivity index (χ2v) is 8.62. The van der Waals surface area contributed by atoms with E-state index in [1.54, 1.807) is 6.20 Å². The molecule has 3 aromatic rings. The molecule has 1 aromatic carbocycles. The third kappa shape index (κ3) is 4.62. The lowest BCUT2D eigenvalue weighted by Crippen LogP contribution is -2.37. The van der Waals surface area contributed by atoms with Gasteiger partial charge in [0.1, 0.15) is 5.82 Å². The topological polar surface area (TPSA) is 81.1 Å². The lowest BCUT2D eigenvalue weighted by atomic mass is 9.99. The van der Waals surface area contributed by atoms with Gasteiger partial charge in [0.05, 0.1) is 23.3 Å². The maximum absolute atomic E-state index is 12.6. The van der Waals surface area contributed by atoms with Crippen LogP contribution in [0.15, 0.2) is 42.9 Å². The van der Waals surface area contributed by atoms with Crippen molar-refractivity contribution in [1.29, 1.82) is 0 Å². The van der Waals surface area contributed by atoms with Gasteiger partial charge in [0.2, 0.25) is 5.91 Å². The van der Waals surface area contributed by atoms with E-state index in [0.29, 0.717) is 11.7 Å². The van der Waals surface area contributed by atoms with Crippen LogP contribution in [-0.2, 0) is 16.1 Å². The van der Waals surface area contributed by atoms with Gasteiger partial charge in [-0.15, -0.1) is 0 Å². The van der Waals surface area contributed by atoms with Gasteiger partial charge in [0.15, 0.2) is 0 Å². The predicted molar refractivity (Wildman–Crippen MR) is 121 cm³/mol. The third-order valence-electron chi connectivity index (χ3n) is 6.43. The van der Waals surface area contributed by atoms with Crippen LogP contribution in [0, 0.1) is 11.8 Å². The molecule has 2 fully saturated rings. The molecule has 162 valence electrons. The molecule has 0 radical (unpaired) electrons. The van der Waals surface area contributed by atoms with Crippen LogP contribution in [-0.4, -0.2) is 46.7 Å². The SMILES string of the molecule is O=C(Nc1cc(-c2ccc3ncn(CC4CCOCC4)c3c2)ccn1)[C@@H]1CCCNC1. The number of pyridine rings is 1. The summed E-state index contributed by atoms with van der Waals surface area (Å²) in [6, 6.07) is 10.3. The van der Waals surface area contributed by atoms with E-state index in [1.165, 1.54) is 0 Å². The Bertz CT molecular complexity index is 1050. The molecule has 2 saturated heterocycles. The van der Waals surface area contributed by atoms with Gasteiger partial charge in [-0.05, 0) is 73.5 Å². The van der Waals surface area contributed by atoms with Crippen molar-refractivity contribution in [2.45, 2.75) is 32.2 Å². The van der Waals surface area contributed by atoms with Gasteiger partial charge >= 0.3 is 0 Å². The van der Waals surface area contributed by atoms with Crippen LogP contribution in [0.3, 0.4) is 0 Å². The molecule has 4 heterocycles. The molecule has 5 rings (SSSR count). The number of nitrogens with one attached hydrogen (secondary N) is 2. The summed E-state index contributed by atoms with van der Waals surface area (Å²) >= 11 is 0. The number of anilines is 1. The quantitative estimate of drug-likeness (QED) is 0.662. The van der Waals surface area contributed by atoms with E-state index in [0.717, 1.165) is 80.7 Å². The van der Waals surface area contributed by atoms with Crippen molar-refractivity contribution in [2.75, 3.05) is 31.6 Å². The first kappa shape index (κ1) is 20.2. The highest BCUT2D eigenvalue weighted by Gasteiger charge is 2.21. The Morgan fingerprint density at radius 1 is 1.13 bits per heavy atom. The number of amides is 1. The van der Waals surface area contributed by atoms with Crippen molar-refractivity contribution >= 4 is 22.8 Å². The summed E-state index contributed by atoms with van der Waals surface area (Å²) in [6.07, 6.45) is 7.86. The predicted octanol–water partition coefficient (Wildman–Crippen LogP) is 3.46. The summed E-state index contributed by atoms with van der Waals surface area (Å²) in [5, 5.41) is 6.29. The average molecular weight is 420 g/mol. The zero-order valence-corrected chi connectivity index (χ0v) is 17.7. The van der Waals surface area contributed by atoms with E-state index < -0.39 is 0 Å². The van der Waals surface area contributed by atoms with Crippen LogP contribution >= 0.6 is 0 Å². The Labute approximate surface area is 182 Å². The smallest absolute Gasteiger partial charge is 0.229 e. The molecule has 2 N–H and O–H groups in total. The summed E-state index contributed by atoms with van der Waals surface area (Å²) in [5.74, 6) is 1.28. The fourth-order valence-corrected chi connectivity index (χ4v) is 4.57. The van der Waals surface area contributed by atoms with Gasteiger partial charge in [0.25, 0.3) is 0 Å². The maximum Gasteiger partial charge on any atom is 0.229 e. The van der Waals surface area contributed by atoms with E-state index in [1.807, 2.05) is 18.5 Å². The van der Waals surface area contributed by atoms with Crippen molar-refractivity contribution < 1.29 is 9.53 Å². The highest BCUT2D eigenvalue weighted by Crippen LogP contribution is 2.27. The Hall–Kier alpha value is -2.77. The molecule has 2 aromatic heterocycles. The number of aromatic nitrogens is 3. The van der Waals surface area contributed by atoms with E-state index in [9.17, 15) is 4.79 Å². The minimum Gasteiger partial charge on any atom is -0.381 e. The molecule has 2 aliphatic heterocycles. The molecule has 0 saturated carbocycles. The molecular weight excluding hydrogens is 390 g/mol. The highest BCUT2D eigenvalue weighted by atomic mass is 16.5. The Kier molecular flexibility index (Phi) is 5.95. The maximum atomic E-state index is 12.6. The summed E-state index contributed by atoms with van der Waals surface area (Å²) < 4.78 is 7.76. The van der Waals surface area contributed by atoms with Crippen LogP contribution in [0.2, 0.25) is 0 Å². The highest BCUT2D eigenvalue weighted by molar-refractivity contribution is 5.92. The first-order valence-corrected chi connectivity index (χ1v) is 11.3. The molecule has 0 aliphatic carbocycles. The molecule has 31 heavy (non-hydrogen) atoms. The van der Waals surface area contributed by atoms with Crippen LogP contribution < -0.4 is 10.6 Å². The Balaban J connectivity index is 1.35. The van der Waals surface area contributed by atoms with Crippen molar-refractivity contribution in [2.24, 2.45) is 11.8 Å². The molecular formula is C24H29N5O2. The standard InChI is InChI=1S/C24H29N5O2/c30-24(20-2-1-8-25-14-20)28-23-13-19(5-9-26-23)18-3-4-21-22(12-18)29(16-27-21)15-17-6-10-31-11-7-17/h3-5,9,12-13,16-17,20,25H,1-2,6-8,10-11,14-15H2,(H,26,28,30)/t20-/m1/s1. The average Bonchev–Trinajstić information content (AvgIpc) is 3.22. The zero-order chi connectivity index (χ0) is 21.0. The van der Waals surface area contributed by atoms with Gasteiger partial charge in [-0.3, -0.25) is 4.79 Å². The zero-order valence-electron chi connectivity index (χ0n) is 17.7. The lowest BCUT2D eigenvalue weighted by molar-refractivity contribution is -0.120. The number of benzene rings is 1. The van der Waals surface area contributed by atoms with Crippen molar-refractivity contribution in [1.82, 2.24) is 19.9 Å². The second-order valence-electron chi connectivity index (χ2n) is 8.62. The van der Waals surface area contributed by atoms with Crippen LogP contribution in [0.5, 0.6) is 0 Å². The first-order valence-electron chi connectivity index (χ1n) is 11.3. The largest absolute Gasteiger partial charge is 0.381 e. The second kappa shape index (κ2) is 9.16. The number of piperidine rings is 1. The number of fused-ring (bicyclic) bond motifs is 1. The minimum atomic E-state index is 0.00935. The lowest BCUT2D eigenvalue weighted by Gasteiger charge is -2.22. The van der Waals surface area contributed by atoms with Gasteiger partial charge in [0, 0.05) is 32.5 Å². The molecule has 0 bridgehead atoms. The van der Waals surface area contributed by atoms with Crippen molar-refractivity contribution in [3.8, 4) is 11.1 Å². The van der Waals surface area contributed by atoms with Gasteiger partial charge in [-0.2, -0.15) is 0 Å². The van der Waals surface area contributed by atoms with Crippen LogP contribution in [0.25, 0.3) is 22.2 Å². The van der Waals surface area contributed by atoms with Crippen LogP contribution in [0.1, 0.15) is 25.7 Å². The number of ether oxygens (including phenoxy) is 1. The summed E-state index contributed by atoms with van der Waals surface area (Å²) in [4.78, 5) is 21.5. The van der Waals surface area contributed by atoms with Gasteiger partial charge < -0.3 is 19.9 Å².